The Labute approximate surface area is 198 Å². The Bertz CT molecular complexity index is 1250. The Morgan fingerprint density at radius 3 is 2.31 bits per heavy atom. The van der Waals surface area contributed by atoms with Gasteiger partial charge in [-0.1, -0.05) is 48.6 Å². The highest BCUT2D eigenvalue weighted by Gasteiger charge is 2.32. The highest BCUT2D eigenvalue weighted by molar-refractivity contribution is 5.78. The second-order valence-corrected chi connectivity index (χ2v) is 7.83. The van der Waals surface area contributed by atoms with Crippen molar-refractivity contribution in [3.8, 4) is 11.1 Å². The molecule has 3 aromatic rings. The Kier molecular flexibility index (Phi) is 8.03. The minimum absolute atomic E-state index is 0.0404. The van der Waals surface area contributed by atoms with Crippen LogP contribution in [-0.4, -0.2) is 28.8 Å². The van der Waals surface area contributed by atoms with Crippen molar-refractivity contribution in [3.63, 3.8) is 0 Å². The summed E-state index contributed by atoms with van der Waals surface area (Å²) in [5, 5.41) is 20.7. The summed E-state index contributed by atoms with van der Waals surface area (Å²) in [6.45, 7) is 0.902. The van der Waals surface area contributed by atoms with Gasteiger partial charge in [-0.2, -0.15) is 13.2 Å². The number of rotatable bonds is 8. The molecule has 0 amide bonds. The molecule has 3 aromatic carbocycles. The Morgan fingerprint density at radius 1 is 1.00 bits per heavy atom. The van der Waals surface area contributed by atoms with Gasteiger partial charge in [0.25, 0.3) is 0 Å². The molecule has 1 atom stereocenters. The molecule has 0 aliphatic rings. The van der Waals surface area contributed by atoms with Gasteiger partial charge in [-0.25, -0.2) is 8.78 Å². The number of alkyl halides is 3. The second kappa shape index (κ2) is 10.8. The number of hydrogen-bond donors (Lipinski definition) is 3. The molecule has 0 saturated heterocycles. The molecule has 0 saturated carbocycles. The summed E-state index contributed by atoms with van der Waals surface area (Å²) in [6, 6.07) is 10.8. The molecule has 1 unspecified atom stereocenters. The summed E-state index contributed by atoms with van der Waals surface area (Å²) in [5.74, 6) is -3.31. The number of carboxylic acid groups (broad SMARTS) is 1. The van der Waals surface area contributed by atoms with Crippen LogP contribution in [-0.2, 0) is 17.5 Å². The van der Waals surface area contributed by atoms with E-state index in [0.717, 1.165) is 12.1 Å². The molecule has 0 heterocycles. The van der Waals surface area contributed by atoms with Crippen LogP contribution in [0.2, 0.25) is 0 Å². The number of hydrogen-bond acceptors (Lipinski definition) is 3. The van der Waals surface area contributed by atoms with E-state index in [1.807, 2.05) is 0 Å². The fourth-order valence-corrected chi connectivity index (χ4v) is 3.61. The number of nitrogens with one attached hydrogen (secondary N) is 1. The summed E-state index contributed by atoms with van der Waals surface area (Å²) in [5.41, 5.74) is 0.833. The number of aliphatic hydroxyl groups is 1. The summed E-state index contributed by atoms with van der Waals surface area (Å²) < 4.78 is 68.8. The van der Waals surface area contributed by atoms with Crippen molar-refractivity contribution in [1.82, 2.24) is 5.32 Å². The van der Waals surface area contributed by atoms with Gasteiger partial charge in [0.15, 0.2) is 11.6 Å². The highest BCUT2D eigenvalue weighted by Crippen LogP contribution is 2.34. The third kappa shape index (κ3) is 6.12. The topological polar surface area (TPSA) is 69.6 Å². The van der Waals surface area contributed by atoms with Crippen molar-refractivity contribution in [3.05, 3.63) is 94.0 Å². The summed E-state index contributed by atoms with van der Waals surface area (Å²) >= 11 is 0. The molecule has 0 aromatic heterocycles. The third-order valence-corrected chi connectivity index (χ3v) is 5.51. The largest absolute Gasteiger partial charge is 0.480 e. The number of halogens is 5. The van der Waals surface area contributed by atoms with E-state index in [1.165, 1.54) is 36.4 Å². The number of aliphatic hydroxyl groups excluding tert-OH is 1. The Hall–Kier alpha value is -3.56. The van der Waals surface area contributed by atoms with Crippen LogP contribution in [0.3, 0.4) is 0 Å². The molecule has 4 nitrogen and oxygen atoms in total. The van der Waals surface area contributed by atoms with Crippen molar-refractivity contribution in [2.75, 3.05) is 6.61 Å². The Morgan fingerprint density at radius 2 is 1.66 bits per heavy atom. The van der Waals surface area contributed by atoms with Crippen molar-refractivity contribution in [2.45, 2.75) is 25.7 Å². The smallest absolute Gasteiger partial charge is 0.416 e. The zero-order chi connectivity index (χ0) is 25.8. The van der Waals surface area contributed by atoms with Crippen molar-refractivity contribution in [1.29, 1.82) is 0 Å². The molecule has 35 heavy (non-hydrogen) atoms. The van der Waals surface area contributed by atoms with Crippen molar-refractivity contribution >= 4 is 18.1 Å². The van der Waals surface area contributed by atoms with E-state index in [0.29, 0.717) is 22.3 Å². The standard InChI is InChI=1S/C26H22F5NO3/c1-15-17(4-2-5-19(15)20-6-3-7-22(27)24(20)28)9-10-18-12-16(8-11-21(18)26(29,30)31)13-32-23(14-33)25(34)35/h2-12,23,32-33H,13-14H2,1H3,(H,34,35)/b10-9+. The number of carbonyl (C=O) groups is 1. The first-order valence-electron chi connectivity index (χ1n) is 10.5. The minimum Gasteiger partial charge on any atom is -0.480 e. The summed E-state index contributed by atoms with van der Waals surface area (Å²) in [4.78, 5) is 11.0. The lowest BCUT2D eigenvalue weighted by atomic mass is 9.95. The lowest BCUT2D eigenvalue weighted by Gasteiger charge is -2.15. The normalized spacial score (nSPS) is 12.8. The molecule has 3 rings (SSSR count). The SMILES string of the molecule is Cc1c(/C=C/c2cc(CNC(CO)C(=O)O)ccc2C(F)(F)F)cccc1-c1cccc(F)c1F. The predicted molar refractivity (Wildman–Crippen MR) is 122 cm³/mol. The van der Waals surface area contributed by atoms with Gasteiger partial charge in [0.05, 0.1) is 12.2 Å². The number of benzene rings is 3. The average molecular weight is 491 g/mol. The van der Waals surface area contributed by atoms with Crippen LogP contribution in [0.15, 0.2) is 54.6 Å². The van der Waals surface area contributed by atoms with Gasteiger partial charge in [0, 0.05) is 12.1 Å². The molecular formula is C26H22F5NO3. The van der Waals surface area contributed by atoms with E-state index < -0.39 is 42.0 Å². The van der Waals surface area contributed by atoms with Crippen LogP contribution < -0.4 is 5.32 Å². The zero-order valence-electron chi connectivity index (χ0n) is 18.5. The quantitative estimate of drug-likeness (QED) is 0.281. The summed E-state index contributed by atoms with van der Waals surface area (Å²) in [6.07, 6.45) is -1.92. The minimum atomic E-state index is -4.64. The van der Waals surface area contributed by atoms with Gasteiger partial charge in [0.1, 0.15) is 6.04 Å². The zero-order valence-corrected chi connectivity index (χ0v) is 18.5. The first-order valence-corrected chi connectivity index (χ1v) is 10.5. The monoisotopic (exact) mass is 491 g/mol. The fourth-order valence-electron chi connectivity index (χ4n) is 3.61. The van der Waals surface area contributed by atoms with Crippen LogP contribution >= 0.6 is 0 Å². The van der Waals surface area contributed by atoms with Gasteiger partial charge in [0.2, 0.25) is 0 Å². The maximum Gasteiger partial charge on any atom is 0.416 e. The van der Waals surface area contributed by atoms with Gasteiger partial charge in [-0.3, -0.25) is 10.1 Å². The molecule has 0 bridgehead atoms. The van der Waals surface area contributed by atoms with E-state index >= 15 is 0 Å². The second-order valence-electron chi connectivity index (χ2n) is 7.83. The van der Waals surface area contributed by atoms with Gasteiger partial charge in [-0.15, -0.1) is 0 Å². The van der Waals surface area contributed by atoms with E-state index in [9.17, 15) is 26.7 Å². The molecule has 3 N–H and O–H groups in total. The van der Waals surface area contributed by atoms with Gasteiger partial charge >= 0.3 is 12.1 Å². The molecule has 0 fully saturated rings. The summed E-state index contributed by atoms with van der Waals surface area (Å²) in [7, 11) is 0. The lowest BCUT2D eigenvalue weighted by molar-refractivity contribution is -0.140. The molecule has 0 spiro atoms. The van der Waals surface area contributed by atoms with E-state index in [1.54, 1.807) is 25.1 Å². The molecule has 0 radical (unpaired) electrons. The molecular weight excluding hydrogens is 469 g/mol. The molecule has 0 aliphatic heterocycles. The first kappa shape index (κ1) is 26.1. The van der Waals surface area contributed by atoms with Crippen LogP contribution in [0.1, 0.15) is 27.8 Å². The van der Waals surface area contributed by atoms with Crippen LogP contribution in [0.25, 0.3) is 23.3 Å². The van der Waals surface area contributed by atoms with Crippen molar-refractivity contribution in [2.24, 2.45) is 0 Å². The lowest BCUT2D eigenvalue weighted by Crippen LogP contribution is -2.39. The molecule has 0 aliphatic carbocycles. The van der Waals surface area contributed by atoms with E-state index in [4.69, 9.17) is 10.2 Å². The van der Waals surface area contributed by atoms with Crippen LogP contribution in [0.5, 0.6) is 0 Å². The number of aliphatic carboxylic acids is 1. The van der Waals surface area contributed by atoms with E-state index in [-0.39, 0.29) is 17.7 Å². The van der Waals surface area contributed by atoms with Gasteiger partial charge in [-0.05, 0) is 52.9 Å². The predicted octanol–water partition coefficient (Wildman–Crippen LogP) is 5.66. The third-order valence-electron chi connectivity index (χ3n) is 5.51. The molecule has 184 valence electrons. The number of carboxylic acids is 1. The van der Waals surface area contributed by atoms with E-state index in [2.05, 4.69) is 5.32 Å². The fraction of sp³-hybridized carbons (Fsp3) is 0.192. The average Bonchev–Trinajstić information content (AvgIpc) is 2.80. The maximum atomic E-state index is 14.3. The first-order chi connectivity index (χ1) is 16.5. The van der Waals surface area contributed by atoms with Crippen molar-refractivity contribution < 1.29 is 37.0 Å². The maximum absolute atomic E-state index is 14.3. The van der Waals surface area contributed by atoms with Crippen LogP contribution in [0.4, 0.5) is 22.0 Å². The molecule has 9 heteroatoms. The van der Waals surface area contributed by atoms with Crippen LogP contribution in [0, 0.1) is 18.6 Å². The Balaban J connectivity index is 1.98. The van der Waals surface area contributed by atoms with Gasteiger partial charge < -0.3 is 10.2 Å². The highest BCUT2D eigenvalue weighted by atomic mass is 19.4.